The monoisotopic (exact) mass is 448 g/mol. The van der Waals surface area contributed by atoms with Crippen LogP contribution < -0.4 is 5.32 Å². The van der Waals surface area contributed by atoms with Crippen LogP contribution in [0.3, 0.4) is 0 Å². The number of thiophene rings is 1. The smallest absolute Gasteiger partial charge is 0.341 e. The molecule has 1 amide bonds. The molecule has 1 fully saturated rings. The van der Waals surface area contributed by atoms with E-state index in [1.165, 1.54) is 47.9 Å². The Morgan fingerprint density at radius 1 is 1.30 bits per heavy atom. The molecule has 2 aromatic heterocycles. The van der Waals surface area contributed by atoms with Gasteiger partial charge in [-0.3, -0.25) is 4.79 Å². The molecule has 0 saturated heterocycles. The van der Waals surface area contributed by atoms with E-state index in [1.54, 1.807) is 0 Å². The molecule has 7 nitrogen and oxygen atoms in total. The molecular formula is C21H28N4O3S2. The highest BCUT2D eigenvalue weighted by Gasteiger charge is 2.31. The third-order valence-corrected chi connectivity index (χ3v) is 7.76. The SMILES string of the molecule is CCCn1c(SCC(=O)Nc2sc3c(c2C(=O)OC)CCC(C)C3)nnc1C1CC1. The minimum atomic E-state index is -0.373. The second-order valence-electron chi connectivity index (χ2n) is 8.15. The second-order valence-corrected chi connectivity index (χ2v) is 10.2. The van der Waals surface area contributed by atoms with Crippen LogP contribution in [0.15, 0.2) is 5.16 Å². The molecule has 30 heavy (non-hydrogen) atoms. The Kier molecular flexibility index (Phi) is 6.48. The first-order chi connectivity index (χ1) is 14.5. The Bertz CT molecular complexity index is 948. The lowest BCUT2D eigenvalue weighted by Crippen LogP contribution is -2.17. The largest absolute Gasteiger partial charge is 0.465 e. The van der Waals surface area contributed by atoms with E-state index in [-0.39, 0.29) is 17.6 Å². The number of nitrogens with zero attached hydrogens (tertiary/aromatic N) is 3. The van der Waals surface area contributed by atoms with Crippen LogP contribution in [0.25, 0.3) is 0 Å². The summed E-state index contributed by atoms with van der Waals surface area (Å²) in [7, 11) is 1.39. The zero-order chi connectivity index (χ0) is 21.3. The number of esters is 1. The standard InChI is InChI=1S/C21H28N4O3S2/c1-4-9-25-18(13-6-7-13)23-24-21(25)29-11-16(26)22-19-17(20(27)28-3)14-8-5-12(2)10-15(14)30-19/h12-13H,4-11H2,1-3H3,(H,22,26). The summed E-state index contributed by atoms with van der Waals surface area (Å²) in [5.74, 6) is 1.87. The van der Waals surface area contributed by atoms with E-state index >= 15 is 0 Å². The summed E-state index contributed by atoms with van der Waals surface area (Å²) in [5, 5.41) is 13.0. The van der Waals surface area contributed by atoms with Gasteiger partial charge in [0.05, 0.1) is 18.4 Å². The van der Waals surface area contributed by atoms with Crippen molar-refractivity contribution in [2.24, 2.45) is 5.92 Å². The first kappa shape index (κ1) is 21.4. The van der Waals surface area contributed by atoms with Gasteiger partial charge in [0.1, 0.15) is 10.8 Å². The number of carbonyl (C=O) groups is 2. The molecule has 0 radical (unpaired) electrons. The van der Waals surface area contributed by atoms with E-state index in [0.717, 1.165) is 48.8 Å². The molecule has 0 aliphatic heterocycles. The molecule has 2 aliphatic carbocycles. The number of rotatable bonds is 8. The highest BCUT2D eigenvalue weighted by molar-refractivity contribution is 7.99. The molecule has 2 heterocycles. The van der Waals surface area contributed by atoms with Gasteiger partial charge >= 0.3 is 5.97 Å². The highest BCUT2D eigenvalue weighted by Crippen LogP contribution is 2.41. The third kappa shape index (κ3) is 4.42. The molecule has 4 rings (SSSR count). The van der Waals surface area contributed by atoms with Crippen LogP contribution in [0.5, 0.6) is 0 Å². The van der Waals surface area contributed by atoms with Crippen LogP contribution in [0.2, 0.25) is 0 Å². The van der Waals surface area contributed by atoms with Gasteiger partial charge in [-0.05, 0) is 50.0 Å². The molecule has 1 atom stereocenters. The van der Waals surface area contributed by atoms with Crippen molar-refractivity contribution in [2.75, 3.05) is 18.2 Å². The minimum Gasteiger partial charge on any atom is -0.465 e. The summed E-state index contributed by atoms with van der Waals surface area (Å²) in [6, 6.07) is 0. The molecule has 162 valence electrons. The molecule has 1 saturated carbocycles. The molecule has 0 aromatic carbocycles. The van der Waals surface area contributed by atoms with E-state index in [4.69, 9.17) is 4.74 Å². The highest BCUT2D eigenvalue weighted by atomic mass is 32.2. The molecule has 2 aromatic rings. The summed E-state index contributed by atoms with van der Waals surface area (Å²) >= 11 is 2.91. The first-order valence-corrected chi connectivity index (χ1v) is 12.4. The topological polar surface area (TPSA) is 86.1 Å². The summed E-state index contributed by atoms with van der Waals surface area (Å²) in [6.07, 6.45) is 6.19. The van der Waals surface area contributed by atoms with Crippen molar-refractivity contribution in [3.63, 3.8) is 0 Å². The number of aromatic nitrogens is 3. The van der Waals surface area contributed by atoms with Crippen LogP contribution in [-0.2, 0) is 28.9 Å². The maximum atomic E-state index is 12.7. The number of thioether (sulfide) groups is 1. The van der Waals surface area contributed by atoms with Gasteiger partial charge < -0.3 is 14.6 Å². The van der Waals surface area contributed by atoms with Crippen LogP contribution in [0.4, 0.5) is 5.00 Å². The predicted octanol–water partition coefficient (Wildman–Crippen LogP) is 4.27. The Morgan fingerprint density at radius 3 is 2.80 bits per heavy atom. The number of hydrogen-bond acceptors (Lipinski definition) is 7. The van der Waals surface area contributed by atoms with Gasteiger partial charge in [-0.2, -0.15) is 0 Å². The molecule has 2 aliphatic rings. The molecule has 1 unspecified atom stereocenters. The lowest BCUT2D eigenvalue weighted by molar-refractivity contribution is -0.113. The number of methoxy groups -OCH3 is 1. The van der Waals surface area contributed by atoms with Crippen molar-refractivity contribution in [3.8, 4) is 0 Å². The fourth-order valence-electron chi connectivity index (χ4n) is 3.93. The van der Waals surface area contributed by atoms with E-state index < -0.39 is 0 Å². The first-order valence-electron chi connectivity index (χ1n) is 10.6. The van der Waals surface area contributed by atoms with Crippen molar-refractivity contribution < 1.29 is 14.3 Å². The lowest BCUT2D eigenvalue weighted by atomic mass is 9.88. The van der Waals surface area contributed by atoms with Crippen LogP contribution in [0, 0.1) is 5.92 Å². The van der Waals surface area contributed by atoms with E-state index in [2.05, 4.69) is 33.9 Å². The van der Waals surface area contributed by atoms with Gasteiger partial charge in [-0.15, -0.1) is 21.5 Å². The van der Waals surface area contributed by atoms with Gasteiger partial charge in [0, 0.05) is 17.3 Å². The van der Waals surface area contributed by atoms with Crippen LogP contribution in [-0.4, -0.2) is 39.5 Å². The van der Waals surface area contributed by atoms with E-state index in [0.29, 0.717) is 22.4 Å². The number of ether oxygens (including phenoxy) is 1. The van der Waals surface area contributed by atoms with Crippen molar-refractivity contribution in [1.29, 1.82) is 0 Å². The van der Waals surface area contributed by atoms with Gasteiger partial charge in [0.2, 0.25) is 5.91 Å². The predicted molar refractivity (Wildman–Crippen MR) is 118 cm³/mol. The Hall–Kier alpha value is -1.87. The molecule has 1 N–H and O–H groups in total. The van der Waals surface area contributed by atoms with Gasteiger partial charge in [-0.1, -0.05) is 25.6 Å². The van der Waals surface area contributed by atoms with Crippen LogP contribution in [0.1, 0.15) is 72.1 Å². The minimum absolute atomic E-state index is 0.143. The Labute approximate surface area is 185 Å². The number of anilines is 1. The number of nitrogens with one attached hydrogen (secondary N) is 1. The van der Waals surface area contributed by atoms with Crippen molar-refractivity contribution >= 4 is 40.0 Å². The molecule has 0 spiro atoms. The maximum absolute atomic E-state index is 12.7. The number of carbonyl (C=O) groups excluding carboxylic acids is 2. The summed E-state index contributed by atoms with van der Waals surface area (Å²) < 4.78 is 7.16. The molecular weight excluding hydrogens is 420 g/mol. The third-order valence-electron chi connectivity index (χ3n) is 5.62. The zero-order valence-corrected chi connectivity index (χ0v) is 19.3. The fraction of sp³-hybridized carbons (Fsp3) is 0.619. The van der Waals surface area contributed by atoms with Gasteiger partial charge in [0.15, 0.2) is 5.16 Å². The van der Waals surface area contributed by atoms with Crippen molar-refractivity contribution in [1.82, 2.24) is 14.8 Å². The zero-order valence-electron chi connectivity index (χ0n) is 17.7. The Balaban J connectivity index is 1.46. The molecule has 9 heteroatoms. The maximum Gasteiger partial charge on any atom is 0.341 e. The van der Waals surface area contributed by atoms with Gasteiger partial charge in [-0.25, -0.2) is 4.79 Å². The lowest BCUT2D eigenvalue weighted by Gasteiger charge is -2.18. The fourth-order valence-corrected chi connectivity index (χ4v) is 6.12. The van der Waals surface area contributed by atoms with Crippen molar-refractivity contribution in [3.05, 3.63) is 21.8 Å². The number of fused-ring (bicyclic) bond motifs is 1. The summed E-state index contributed by atoms with van der Waals surface area (Å²) in [5.41, 5.74) is 1.58. The summed E-state index contributed by atoms with van der Waals surface area (Å²) in [6.45, 7) is 5.22. The number of hydrogen-bond donors (Lipinski definition) is 1. The average molecular weight is 449 g/mol. The van der Waals surface area contributed by atoms with Crippen LogP contribution >= 0.6 is 23.1 Å². The molecule has 0 bridgehead atoms. The average Bonchev–Trinajstić information content (AvgIpc) is 3.40. The van der Waals surface area contributed by atoms with Crippen molar-refractivity contribution in [2.45, 2.75) is 70.0 Å². The number of amides is 1. The van der Waals surface area contributed by atoms with Gasteiger partial charge in [0.25, 0.3) is 0 Å². The second kappa shape index (κ2) is 9.09. The van der Waals surface area contributed by atoms with E-state index in [1.807, 2.05) is 0 Å². The van der Waals surface area contributed by atoms with E-state index in [9.17, 15) is 9.59 Å². The quantitative estimate of drug-likeness (QED) is 0.479. The summed E-state index contributed by atoms with van der Waals surface area (Å²) in [4.78, 5) is 26.3. The Morgan fingerprint density at radius 2 is 2.10 bits per heavy atom. The normalized spacial score (nSPS) is 18.2.